The minimum atomic E-state index is -0.381. The predicted molar refractivity (Wildman–Crippen MR) is 106 cm³/mol. The average Bonchev–Trinajstić information content (AvgIpc) is 3.44. The maximum Gasteiger partial charge on any atom is 0.312 e. The summed E-state index contributed by atoms with van der Waals surface area (Å²) in [5.74, 6) is 1.07. The zero-order chi connectivity index (χ0) is 20.6. The molecular formula is C21H25N5O4. The molecule has 5 rings (SSSR count). The minimum Gasteiger partial charge on any atom is -0.460 e. The topological polar surface area (TPSA) is 95.5 Å². The standard InChI is InChI=1S/C21H25N5O4/c1-28-13-18-23-19(30-24-18)12-25-8-6-21(7-9-25)10-15(29-20(21)27)11-26-14-22-16-4-2-3-5-17(16)26/h2-5,14-15H,6-13H2,1H3. The molecule has 1 unspecified atom stereocenters. The van der Waals surface area contributed by atoms with E-state index in [1.165, 1.54) is 0 Å². The zero-order valence-electron chi connectivity index (χ0n) is 17.0. The number of ether oxygens (including phenoxy) is 2. The number of hydrogen-bond acceptors (Lipinski definition) is 8. The Morgan fingerprint density at radius 2 is 2.10 bits per heavy atom. The van der Waals surface area contributed by atoms with Crippen LogP contribution in [-0.4, -0.2) is 56.9 Å². The number of esters is 1. The Labute approximate surface area is 174 Å². The molecule has 0 radical (unpaired) electrons. The molecule has 9 heteroatoms. The van der Waals surface area contributed by atoms with Gasteiger partial charge < -0.3 is 18.6 Å². The molecule has 2 aromatic heterocycles. The van der Waals surface area contributed by atoms with E-state index in [0.29, 0.717) is 31.4 Å². The lowest BCUT2D eigenvalue weighted by Gasteiger charge is -2.35. The molecule has 4 heterocycles. The number of methoxy groups -OCH3 is 1. The maximum absolute atomic E-state index is 12.8. The van der Waals surface area contributed by atoms with Crippen molar-refractivity contribution in [3.8, 4) is 0 Å². The Hall–Kier alpha value is -2.78. The highest BCUT2D eigenvalue weighted by atomic mass is 16.6. The van der Waals surface area contributed by atoms with Gasteiger partial charge in [-0.1, -0.05) is 17.3 Å². The number of likely N-dealkylation sites (tertiary alicyclic amines) is 1. The number of imidazole rings is 1. The van der Waals surface area contributed by atoms with Gasteiger partial charge in [0.2, 0.25) is 5.89 Å². The van der Waals surface area contributed by atoms with Crippen molar-refractivity contribution in [3.63, 3.8) is 0 Å². The second kappa shape index (κ2) is 7.81. The van der Waals surface area contributed by atoms with Crippen molar-refractivity contribution in [1.82, 2.24) is 24.6 Å². The van der Waals surface area contributed by atoms with E-state index < -0.39 is 0 Å². The predicted octanol–water partition coefficient (Wildman–Crippen LogP) is 2.16. The van der Waals surface area contributed by atoms with Crippen molar-refractivity contribution >= 4 is 17.0 Å². The summed E-state index contributed by atoms with van der Waals surface area (Å²) in [7, 11) is 1.60. The minimum absolute atomic E-state index is 0.0586. The number of fused-ring (bicyclic) bond motifs is 1. The summed E-state index contributed by atoms with van der Waals surface area (Å²) < 4.78 is 18.2. The van der Waals surface area contributed by atoms with Crippen LogP contribution in [-0.2, 0) is 34.0 Å². The molecule has 2 saturated heterocycles. The van der Waals surface area contributed by atoms with Crippen LogP contribution in [0.5, 0.6) is 0 Å². The highest BCUT2D eigenvalue weighted by Gasteiger charge is 2.50. The number of benzene rings is 1. The van der Waals surface area contributed by atoms with Crippen molar-refractivity contribution in [2.24, 2.45) is 5.41 Å². The first-order chi connectivity index (χ1) is 14.6. The second-order valence-corrected chi connectivity index (χ2v) is 8.21. The van der Waals surface area contributed by atoms with Crippen LogP contribution in [0.4, 0.5) is 0 Å². The van der Waals surface area contributed by atoms with E-state index in [9.17, 15) is 4.79 Å². The van der Waals surface area contributed by atoms with E-state index in [1.54, 1.807) is 7.11 Å². The fourth-order valence-electron chi connectivity index (χ4n) is 4.59. The number of carbonyl (C=O) groups is 1. The SMILES string of the molecule is COCc1noc(CN2CCC3(CC2)CC(Cn2cnc4ccccc42)OC3=O)n1. The van der Waals surface area contributed by atoms with Crippen molar-refractivity contribution in [3.05, 3.63) is 42.3 Å². The summed E-state index contributed by atoms with van der Waals surface area (Å²) in [6, 6.07) is 8.01. The lowest BCUT2D eigenvalue weighted by atomic mass is 9.76. The summed E-state index contributed by atoms with van der Waals surface area (Å²) in [5, 5.41) is 3.90. The van der Waals surface area contributed by atoms with Gasteiger partial charge in [0.05, 0.1) is 35.9 Å². The first-order valence-electron chi connectivity index (χ1n) is 10.3. The van der Waals surface area contributed by atoms with E-state index in [-0.39, 0.29) is 17.5 Å². The third-order valence-corrected chi connectivity index (χ3v) is 6.21. The molecule has 1 aromatic carbocycles. The summed E-state index contributed by atoms with van der Waals surface area (Å²) in [4.78, 5) is 23.8. The Bertz CT molecular complexity index is 1040. The smallest absolute Gasteiger partial charge is 0.312 e. The fraction of sp³-hybridized carbons (Fsp3) is 0.524. The molecule has 0 N–H and O–H groups in total. The van der Waals surface area contributed by atoms with E-state index in [4.69, 9.17) is 14.0 Å². The molecule has 0 amide bonds. The number of hydrogen-bond donors (Lipinski definition) is 0. The molecule has 158 valence electrons. The van der Waals surface area contributed by atoms with Crippen molar-refractivity contribution in [2.45, 2.75) is 45.1 Å². The molecule has 0 bridgehead atoms. The van der Waals surface area contributed by atoms with E-state index >= 15 is 0 Å². The van der Waals surface area contributed by atoms with Crippen LogP contribution in [0.25, 0.3) is 11.0 Å². The first kappa shape index (κ1) is 19.2. The number of rotatable bonds is 6. The molecule has 1 atom stereocenters. The van der Waals surface area contributed by atoms with Crippen LogP contribution >= 0.6 is 0 Å². The quantitative estimate of drug-likeness (QED) is 0.570. The van der Waals surface area contributed by atoms with Crippen molar-refractivity contribution in [2.75, 3.05) is 20.2 Å². The molecule has 9 nitrogen and oxygen atoms in total. The highest BCUT2D eigenvalue weighted by molar-refractivity contribution is 5.79. The van der Waals surface area contributed by atoms with Crippen LogP contribution in [0, 0.1) is 5.41 Å². The van der Waals surface area contributed by atoms with Crippen LogP contribution in [0.2, 0.25) is 0 Å². The molecule has 0 saturated carbocycles. The van der Waals surface area contributed by atoms with Crippen LogP contribution < -0.4 is 0 Å². The van der Waals surface area contributed by atoms with E-state index in [0.717, 1.165) is 43.4 Å². The van der Waals surface area contributed by atoms with Gasteiger partial charge in [-0.3, -0.25) is 9.69 Å². The average molecular weight is 411 g/mol. The van der Waals surface area contributed by atoms with Crippen LogP contribution in [0.3, 0.4) is 0 Å². The van der Waals surface area contributed by atoms with Gasteiger partial charge in [-0.05, 0) is 38.1 Å². The van der Waals surface area contributed by atoms with Gasteiger partial charge in [0, 0.05) is 13.5 Å². The van der Waals surface area contributed by atoms with Gasteiger partial charge in [0.25, 0.3) is 0 Å². The van der Waals surface area contributed by atoms with Gasteiger partial charge in [-0.25, -0.2) is 4.98 Å². The largest absolute Gasteiger partial charge is 0.460 e. The Balaban J connectivity index is 1.19. The molecule has 1 spiro atoms. The van der Waals surface area contributed by atoms with Gasteiger partial charge in [-0.2, -0.15) is 4.98 Å². The highest BCUT2D eigenvalue weighted by Crippen LogP contribution is 2.43. The molecule has 2 fully saturated rings. The first-order valence-corrected chi connectivity index (χ1v) is 10.3. The zero-order valence-corrected chi connectivity index (χ0v) is 17.0. The normalized spacial score (nSPS) is 21.5. The number of carbonyl (C=O) groups excluding carboxylic acids is 1. The number of nitrogens with zero attached hydrogens (tertiary/aromatic N) is 5. The Morgan fingerprint density at radius 1 is 1.27 bits per heavy atom. The number of para-hydroxylation sites is 2. The molecular weight excluding hydrogens is 386 g/mol. The Morgan fingerprint density at radius 3 is 2.93 bits per heavy atom. The lowest BCUT2D eigenvalue weighted by Crippen LogP contribution is -2.42. The Kier molecular flexibility index (Phi) is 5.00. The van der Waals surface area contributed by atoms with Crippen LogP contribution in [0.1, 0.15) is 31.0 Å². The lowest BCUT2D eigenvalue weighted by molar-refractivity contribution is -0.151. The van der Waals surface area contributed by atoms with Crippen LogP contribution in [0.15, 0.2) is 35.1 Å². The molecule has 3 aromatic rings. The summed E-state index contributed by atoms with van der Waals surface area (Å²) >= 11 is 0. The number of piperidine rings is 1. The third-order valence-electron chi connectivity index (χ3n) is 6.21. The second-order valence-electron chi connectivity index (χ2n) is 8.21. The molecule has 2 aliphatic rings. The van der Waals surface area contributed by atoms with Gasteiger partial charge in [0.1, 0.15) is 12.7 Å². The molecule has 2 aliphatic heterocycles. The van der Waals surface area contributed by atoms with Crippen molar-refractivity contribution < 1.29 is 18.8 Å². The summed E-state index contributed by atoms with van der Waals surface area (Å²) in [5.41, 5.74) is 1.64. The summed E-state index contributed by atoms with van der Waals surface area (Å²) in [6.07, 6.45) is 4.03. The fourth-order valence-corrected chi connectivity index (χ4v) is 4.59. The monoisotopic (exact) mass is 411 g/mol. The van der Waals surface area contributed by atoms with Crippen molar-refractivity contribution in [1.29, 1.82) is 0 Å². The van der Waals surface area contributed by atoms with E-state index in [2.05, 4.69) is 24.6 Å². The molecule has 30 heavy (non-hydrogen) atoms. The number of aromatic nitrogens is 4. The van der Waals surface area contributed by atoms with E-state index in [1.807, 2.05) is 30.6 Å². The molecule has 0 aliphatic carbocycles. The van der Waals surface area contributed by atoms with Gasteiger partial charge in [0.15, 0.2) is 5.82 Å². The third kappa shape index (κ3) is 3.59. The summed E-state index contributed by atoms with van der Waals surface area (Å²) in [6.45, 7) is 3.18. The van der Waals surface area contributed by atoms with Gasteiger partial charge in [-0.15, -0.1) is 0 Å². The maximum atomic E-state index is 12.8. The number of cyclic esters (lactones) is 1. The van der Waals surface area contributed by atoms with Gasteiger partial charge >= 0.3 is 5.97 Å².